The lowest BCUT2D eigenvalue weighted by molar-refractivity contribution is -0.132. The molecule has 0 bridgehead atoms. The fourth-order valence-electron chi connectivity index (χ4n) is 4.06. The summed E-state index contributed by atoms with van der Waals surface area (Å²) in [5.41, 5.74) is 1.79. The third-order valence-corrected chi connectivity index (χ3v) is 6.78. The number of aryl methyl sites for hydroxylation is 1. The summed E-state index contributed by atoms with van der Waals surface area (Å²) in [6.45, 7) is 5.76. The summed E-state index contributed by atoms with van der Waals surface area (Å²) in [4.78, 5) is 28.9. The first-order valence-electron chi connectivity index (χ1n) is 11.1. The van der Waals surface area contributed by atoms with Gasteiger partial charge >= 0.3 is 0 Å². The van der Waals surface area contributed by atoms with E-state index < -0.39 is 17.7 Å². The Balaban J connectivity index is 1.89. The number of rotatable bonds is 7. The van der Waals surface area contributed by atoms with Gasteiger partial charge in [0.15, 0.2) is 0 Å². The minimum atomic E-state index is -0.807. The molecule has 8 heteroatoms. The number of methoxy groups -OCH3 is 2. The molecule has 0 spiro atoms. The molecule has 0 aliphatic carbocycles. The molecular formula is C27H27NO6S. The molecule has 7 nitrogen and oxygen atoms in total. The van der Waals surface area contributed by atoms with Gasteiger partial charge in [-0.1, -0.05) is 0 Å². The van der Waals surface area contributed by atoms with E-state index in [2.05, 4.69) is 0 Å². The number of hydrogen-bond donors (Lipinski definition) is 1. The van der Waals surface area contributed by atoms with Gasteiger partial charge in [-0.2, -0.15) is 0 Å². The van der Waals surface area contributed by atoms with Crippen LogP contribution in [0.15, 0.2) is 59.5 Å². The van der Waals surface area contributed by atoms with Gasteiger partial charge in [-0.05, 0) is 62.0 Å². The number of aliphatic hydroxyl groups excluding tert-OH is 1. The Morgan fingerprint density at radius 3 is 2.11 bits per heavy atom. The van der Waals surface area contributed by atoms with E-state index in [0.717, 1.165) is 10.4 Å². The molecule has 4 rings (SSSR count). The molecule has 0 radical (unpaired) electrons. The minimum Gasteiger partial charge on any atom is -0.507 e. The molecule has 1 atom stereocenters. The molecule has 3 aromatic rings. The average Bonchev–Trinajstić information content (AvgIpc) is 3.38. The van der Waals surface area contributed by atoms with Crippen molar-refractivity contribution in [3.8, 4) is 17.2 Å². The summed E-state index contributed by atoms with van der Waals surface area (Å²) in [6.07, 6.45) is 0.00132. The van der Waals surface area contributed by atoms with Gasteiger partial charge in [0.25, 0.3) is 11.7 Å². The zero-order valence-corrected chi connectivity index (χ0v) is 21.0. The van der Waals surface area contributed by atoms with Crippen molar-refractivity contribution in [3.05, 3.63) is 75.5 Å². The van der Waals surface area contributed by atoms with Crippen molar-refractivity contribution >= 4 is 34.5 Å². The first-order chi connectivity index (χ1) is 16.7. The molecule has 2 aromatic carbocycles. The predicted octanol–water partition coefficient (Wildman–Crippen LogP) is 5.49. The highest BCUT2D eigenvalue weighted by atomic mass is 32.1. The molecule has 182 valence electrons. The van der Waals surface area contributed by atoms with Crippen LogP contribution in [0.1, 0.15) is 35.9 Å². The van der Waals surface area contributed by atoms with Crippen LogP contribution >= 0.6 is 11.3 Å². The number of thiophene rings is 1. The number of anilines is 1. The SMILES string of the molecule is COc1cc(OC)cc(N2C(=O)C(=O)/C(=C(\O)c3ccc(OC(C)C)cc3)C2c2sccc2C)c1. The lowest BCUT2D eigenvalue weighted by atomic mass is 9.98. The molecule has 1 aliphatic heterocycles. The molecule has 1 amide bonds. The molecule has 35 heavy (non-hydrogen) atoms. The van der Waals surface area contributed by atoms with Crippen LogP contribution in [0.25, 0.3) is 5.76 Å². The highest BCUT2D eigenvalue weighted by Gasteiger charge is 2.48. The standard InChI is InChI=1S/C27H27NO6S/c1-15(2)34-19-8-6-17(7-9-19)24(29)22-23(26-16(3)10-11-35-26)28(27(31)25(22)30)18-12-20(32-4)14-21(13-18)33-5/h6-15,23,29H,1-5H3/b24-22-. The molecule has 1 saturated heterocycles. The number of carbonyl (C=O) groups excluding carboxylic acids is 2. The van der Waals surface area contributed by atoms with Crippen molar-refractivity contribution in [2.24, 2.45) is 0 Å². The molecule has 2 heterocycles. The number of amides is 1. The number of ether oxygens (including phenoxy) is 3. The van der Waals surface area contributed by atoms with E-state index in [9.17, 15) is 14.7 Å². The number of carbonyl (C=O) groups is 2. The van der Waals surface area contributed by atoms with Crippen molar-refractivity contribution in [2.45, 2.75) is 32.9 Å². The highest BCUT2D eigenvalue weighted by molar-refractivity contribution is 7.10. The Bertz CT molecular complexity index is 1270. The fraction of sp³-hybridized carbons (Fsp3) is 0.259. The van der Waals surface area contributed by atoms with Crippen molar-refractivity contribution in [1.29, 1.82) is 0 Å². The van der Waals surface area contributed by atoms with Gasteiger partial charge in [0.1, 0.15) is 29.0 Å². The number of ketones is 1. The van der Waals surface area contributed by atoms with Crippen molar-refractivity contribution in [1.82, 2.24) is 0 Å². The van der Waals surface area contributed by atoms with E-state index in [0.29, 0.717) is 28.5 Å². The molecule has 1 fully saturated rings. The number of Topliss-reactive ketones (excluding diaryl/α,β-unsaturated/α-hetero) is 1. The lowest BCUT2D eigenvalue weighted by Gasteiger charge is -2.25. The Morgan fingerprint density at radius 2 is 1.60 bits per heavy atom. The minimum absolute atomic E-state index is 0.00132. The second-order valence-electron chi connectivity index (χ2n) is 8.40. The number of hydrogen-bond acceptors (Lipinski definition) is 7. The molecule has 1 unspecified atom stereocenters. The van der Waals surface area contributed by atoms with Crippen LogP contribution in [0.4, 0.5) is 5.69 Å². The monoisotopic (exact) mass is 493 g/mol. The van der Waals surface area contributed by atoms with Gasteiger partial charge in [-0.25, -0.2) is 0 Å². The Morgan fingerprint density at radius 1 is 0.971 bits per heavy atom. The van der Waals surface area contributed by atoms with Crippen LogP contribution in [0.2, 0.25) is 0 Å². The maximum absolute atomic E-state index is 13.4. The number of nitrogens with zero attached hydrogens (tertiary/aromatic N) is 1. The van der Waals surface area contributed by atoms with E-state index in [1.165, 1.54) is 30.5 Å². The first-order valence-corrected chi connectivity index (χ1v) is 12.0. The first kappa shape index (κ1) is 24.3. The normalized spacial score (nSPS) is 17.2. The maximum atomic E-state index is 13.4. The van der Waals surface area contributed by atoms with Gasteiger partial charge in [0, 0.05) is 28.6 Å². The maximum Gasteiger partial charge on any atom is 0.300 e. The summed E-state index contributed by atoms with van der Waals surface area (Å²) in [6, 6.07) is 12.9. The van der Waals surface area contributed by atoms with Gasteiger partial charge in [-0.3, -0.25) is 14.5 Å². The molecule has 1 aliphatic rings. The van der Waals surface area contributed by atoms with Crippen LogP contribution in [0.5, 0.6) is 17.2 Å². The van der Waals surface area contributed by atoms with Crippen LogP contribution in [-0.2, 0) is 9.59 Å². The van der Waals surface area contributed by atoms with E-state index in [1.54, 1.807) is 42.5 Å². The average molecular weight is 494 g/mol. The van der Waals surface area contributed by atoms with E-state index in [4.69, 9.17) is 14.2 Å². The van der Waals surface area contributed by atoms with E-state index >= 15 is 0 Å². The second kappa shape index (κ2) is 9.84. The predicted molar refractivity (Wildman–Crippen MR) is 136 cm³/mol. The molecule has 1 aromatic heterocycles. The lowest BCUT2D eigenvalue weighted by Crippen LogP contribution is -2.29. The van der Waals surface area contributed by atoms with Crippen LogP contribution in [-0.4, -0.2) is 37.1 Å². The van der Waals surface area contributed by atoms with E-state index in [-0.39, 0.29) is 17.4 Å². The van der Waals surface area contributed by atoms with Crippen LogP contribution in [0.3, 0.4) is 0 Å². The van der Waals surface area contributed by atoms with Crippen molar-refractivity contribution < 1.29 is 28.9 Å². The molecule has 0 saturated carbocycles. The zero-order chi connectivity index (χ0) is 25.3. The van der Waals surface area contributed by atoms with Crippen molar-refractivity contribution in [2.75, 3.05) is 19.1 Å². The Hall–Kier alpha value is -3.78. The second-order valence-corrected chi connectivity index (χ2v) is 9.35. The van der Waals surface area contributed by atoms with Gasteiger partial charge < -0.3 is 19.3 Å². The third-order valence-electron chi connectivity index (χ3n) is 5.71. The fourth-order valence-corrected chi connectivity index (χ4v) is 5.09. The Kier molecular flexibility index (Phi) is 6.84. The molecule has 1 N–H and O–H groups in total. The summed E-state index contributed by atoms with van der Waals surface area (Å²) in [5.74, 6) is -0.142. The Labute approximate surface area is 208 Å². The summed E-state index contributed by atoms with van der Waals surface area (Å²) >= 11 is 1.42. The topological polar surface area (TPSA) is 85.3 Å². The third kappa shape index (κ3) is 4.61. The summed E-state index contributed by atoms with van der Waals surface area (Å²) in [7, 11) is 3.03. The largest absolute Gasteiger partial charge is 0.507 e. The van der Waals surface area contributed by atoms with Gasteiger partial charge in [0.2, 0.25) is 0 Å². The van der Waals surface area contributed by atoms with Crippen LogP contribution < -0.4 is 19.1 Å². The van der Waals surface area contributed by atoms with Gasteiger partial charge in [0.05, 0.1) is 31.6 Å². The molecular weight excluding hydrogens is 466 g/mol. The summed E-state index contributed by atoms with van der Waals surface area (Å²) < 4.78 is 16.4. The quantitative estimate of drug-likeness (QED) is 0.266. The number of benzene rings is 2. The zero-order valence-electron chi connectivity index (χ0n) is 20.2. The summed E-state index contributed by atoms with van der Waals surface area (Å²) in [5, 5.41) is 13.2. The van der Waals surface area contributed by atoms with Crippen LogP contribution in [0, 0.1) is 6.92 Å². The highest BCUT2D eigenvalue weighted by Crippen LogP contribution is 2.46. The number of aliphatic hydroxyl groups is 1. The van der Waals surface area contributed by atoms with Crippen molar-refractivity contribution in [3.63, 3.8) is 0 Å². The van der Waals surface area contributed by atoms with E-state index in [1.807, 2.05) is 32.2 Å². The van der Waals surface area contributed by atoms with Gasteiger partial charge in [-0.15, -0.1) is 11.3 Å². The smallest absolute Gasteiger partial charge is 0.300 e.